The monoisotopic (exact) mass is 423 g/mol. The molecule has 8 nitrogen and oxygen atoms in total. The summed E-state index contributed by atoms with van der Waals surface area (Å²) in [7, 11) is 2.05. The fourth-order valence-electron chi connectivity index (χ4n) is 4.64. The number of halogens is 1. The summed E-state index contributed by atoms with van der Waals surface area (Å²) < 4.78 is 15.8. The lowest BCUT2D eigenvalue weighted by Crippen LogP contribution is -2.37. The Morgan fingerprint density at radius 2 is 2.03 bits per heavy atom. The molecule has 4 heterocycles. The van der Waals surface area contributed by atoms with Crippen LogP contribution in [-0.2, 0) is 0 Å². The van der Waals surface area contributed by atoms with E-state index >= 15 is 0 Å². The Bertz CT molecular complexity index is 1110. The maximum atomic E-state index is 14.2. The molecule has 3 aromatic rings. The first-order chi connectivity index (χ1) is 15.0. The number of aromatic nitrogens is 4. The number of pyridine rings is 1. The van der Waals surface area contributed by atoms with Crippen molar-refractivity contribution >= 4 is 23.1 Å². The number of imidazole rings is 1. The Balaban J connectivity index is 1.25. The van der Waals surface area contributed by atoms with Crippen LogP contribution in [0, 0.1) is 24.6 Å². The second-order valence-electron chi connectivity index (χ2n) is 8.55. The molecule has 3 aromatic heterocycles. The van der Waals surface area contributed by atoms with Crippen molar-refractivity contribution in [1.29, 1.82) is 0 Å². The molecular formula is C22H26FN7O. The lowest BCUT2D eigenvalue weighted by molar-refractivity contribution is 0.102. The quantitative estimate of drug-likeness (QED) is 0.634. The van der Waals surface area contributed by atoms with Crippen LogP contribution in [0.4, 0.5) is 15.9 Å². The Hall–Kier alpha value is -3.07. The molecule has 0 aromatic carbocycles. The first-order valence-electron chi connectivity index (χ1n) is 10.7. The van der Waals surface area contributed by atoms with Gasteiger partial charge in [-0.15, -0.1) is 0 Å². The standard InChI is InChI=1S/C22H26FN7O/c1-13-10-30-12-16(7-17(23)21(30)27-13)28-22(31)18-8-26-19(9-25-18)29-6-5-15(11-29)20(24-2)14-3-4-14/h7-10,12,14-15,20,24H,3-6,11H2,1-2H3,(H,28,31)/t15-,20?/m1/s1. The molecule has 2 fully saturated rings. The smallest absolute Gasteiger partial charge is 0.275 e. The first-order valence-corrected chi connectivity index (χ1v) is 10.7. The van der Waals surface area contributed by atoms with Gasteiger partial charge in [0, 0.05) is 37.6 Å². The Kier molecular flexibility index (Phi) is 5.05. The van der Waals surface area contributed by atoms with Gasteiger partial charge in [-0.05, 0) is 45.1 Å². The predicted molar refractivity (Wildman–Crippen MR) is 116 cm³/mol. The van der Waals surface area contributed by atoms with Gasteiger partial charge in [0.1, 0.15) is 11.5 Å². The van der Waals surface area contributed by atoms with Gasteiger partial charge in [-0.1, -0.05) is 0 Å². The number of nitrogens with zero attached hydrogens (tertiary/aromatic N) is 5. The number of nitrogens with one attached hydrogen (secondary N) is 2. The van der Waals surface area contributed by atoms with Crippen molar-refractivity contribution in [3.63, 3.8) is 0 Å². The van der Waals surface area contributed by atoms with E-state index in [0.717, 1.165) is 31.2 Å². The normalized spacial score (nSPS) is 19.7. The third-order valence-electron chi connectivity index (χ3n) is 6.28. The molecular weight excluding hydrogens is 397 g/mol. The fourth-order valence-corrected chi connectivity index (χ4v) is 4.64. The van der Waals surface area contributed by atoms with E-state index in [1.807, 2.05) is 0 Å². The predicted octanol–water partition coefficient (Wildman–Crippen LogP) is 2.65. The molecule has 1 amide bonds. The topological polar surface area (TPSA) is 87.5 Å². The van der Waals surface area contributed by atoms with Gasteiger partial charge in [-0.2, -0.15) is 0 Å². The van der Waals surface area contributed by atoms with Crippen molar-refractivity contribution in [2.75, 3.05) is 30.4 Å². The lowest BCUT2D eigenvalue weighted by Gasteiger charge is -2.23. The van der Waals surface area contributed by atoms with Gasteiger partial charge in [-0.3, -0.25) is 4.79 Å². The maximum absolute atomic E-state index is 14.2. The third-order valence-corrected chi connectivity index (χ3v) is 6.28. The summed E-state index contributed by atoms with van der Waals surface area (Å²) in [4.78, 5) is 27.7. The average Bonchev–Trinajstić information content (AvgIpc) is 3.33. The number of aryl methyl sites for hydroxylation is 1. The van der Waals surface area contributed by atoms with Crippen LogP contribution in [0.5, 0.6) is 0 Å². The van der Waals surface area contributed by atoms with Crippen molar-refractivity contribution < 1.29 is 9.18 Å². The van der Waals surface area contributed by atoms with E-state index in [1.54, 1.807) is 29.9 Å². The van der Waals surface area contributed by atoms with E-state index in [0.29, 0.717) is 23.3 Å². The number of rotatable bonds is 6. The van der Waals surface area contributed by atoms with Gasteiger partial charge >= 0.3 is 0 Å². The van der Waals surface area contributed by atoms with Crippen molar-refractivity contribution in [1.82, 2.24) is 24.7 Å². The van der Waals surface area contributed by atoms with Crippen LogP contribution in [0.2, 0.25) is 0 Å². The molecule has 0 bridgehead atoms. The summed E-state index contributed by atoms with van der Waals surface area (Å²) in [6, 6.07) is 1.82. The highest BCUT2D eigenvalue weighted by atomic mass is 19.1. The van der Waals surface area contributed by atoms with Gasteiger partial charge in [0.15, 0.2) is 11.5 Å². The van der Waals surface area contributed by atoms with Crippen LogP contribution in [0.3, 0.4) is 0 Å². The van der Waals surface area contributed by atoms with E-state index in [4.69, 9.17) is 0 Å². The highest BCUT2D eigenvalue weighted by Gasteiger charge is 2.38. The Labute approximate surface area is 179 Å². The van der Waals surface area contributed by atoms with Crippen LogP contribution >= 0.6 is 0 Å². The molecule has 1 saturated carbocycles. The minimum atomic E-state index is -0.498. The highest BCUT2D eigenvalue weighted by Crippen LogP contribution is 2.38. The van der Waals surface area contributed by atoms with E-state index in [-0.39, 0.29) is 11.3 Å². The molecule has 1 unspecified atom stereocenters. The van der Waals surface area contributed by atoms with Gasteiger partial charge in [-0.25, -0.2) is 19.3 Å². The van der Waals surface area contributed by atoms with Crippen molar-refractivity contribution in [3.05, 3.63) is 48.1 Å². The second-order valence-corrected chi connectivity index (χ2v) is 8.55. The SMILES string of the molecule is CNC(C1CC1)[C@@H]1CCN(c2cnc(C(=O)Nc3cc(F)c4nc(C)cn4c3)cn2)C1. The number of carbonyl (C=O) groups excluding carboxylic acids is 1. The number of hydrogen-bond donors (Lipinski definition) is 2. The molecule has 1 aliphatic carbocycles. The number of hydrogen-bond acceptors (Lipinski definition) is 6. The number of fused-ring (bicyclic) bond motifs is 1. The molecule has 0 spiro atoms. The summed E-state index contributed by atoms with van der Waals surface area (Å²) >= 11 is 0. The summed E-state index contributed by atoms with van der Waals surface area (Å²) in [5.74, 6) is 1.27. The molecule has 2 aliphatic rings. The first kappa shape index (κ1) is 19.9. The third kappa shape index (κ3) is 3.97. The zero-order valence-corrected chi connectivity index (χ0v) is 17.7. The maximum Gasteiger partial charge on any atom is 0.275 e. The van der Waals surface area contributed by atoms with Crippen LogP contribution in [-0.4, -0.2) is 51.4 Å². The van der Waals surface area contributed by atoms with E-state index in [1.165, 1.54) is 25.1 Å². The summed E-state index contributed by atoms with van der Waals surface area (Å²) in [6.07, 6.45) is 10.2. The minimum Gasteiger partial charge on any atom is -0.355 e. The van der Waals surface area contributed by atoms with E-state index in [2.05, 4.69) is 37.5 Å². The van der Waals surface area contributed by atoms with Gasteiger partial charge < -0.3 is 19.9 Å². The van der Waals surface area contributed by atoms with E-state index in [9.17, 15) is 9.18 Å². The molecule has 1 saturated heterocycles. The summed E-state index contributed by atoms with van der Waals surface area (Å²) in [6.45, 7) is 3.68. The molecule has 162 valence electrons. The summed E-state index contributed by atoms with van der Waals surface area (Å²) in [5.41, 5.74) is 1.45. The van der Waals surface area contributed by atoms with Gasteiger partial charge in [0.05, 0.1) is 23.8 Å². The van der Waals surface area contributed by atoms with Crippen LogP contribution in [0.1, 0.15) is 35.4 Å². The van der Waals surface area contributed by atoms with Crippen molar-refractivity contribution in [3.8, 4) is 0 Å². The van der Waals surface area contributed by atoms with Crippen LogP contribution in [0.15, 0.2) is 30.9 Å². The molecule has 2 atom stereocenters. The minimum absolute atomic E-state index is 0.188. The molecule has 1 aliphatic heterocycles. The molecule has 0 radical (unpaired) electrons. The zero-order valence-electron chi connectivity index (χ0n) is 17.7. The second kappa shape index (κ2) is 7.88. The summed E-state index contributed by atoms with van der Waals surface area (Å²) in [5, 5.41) is 6.18. The van der Waals surface area contributed by atoms with E-state index < -0.39 is 11.7 Å². The van der Waals surface area contributed by atoms with Gasteiger partial charge in [0.25, 0.3) is 5.91 Å². The van der Waals surface area contributed by atoms with Crippen molar-refractivity contribution in [2.24, 2.45) is 11.8 Å². The molecule has 31 heavy (non-hydrogen) atoms. The number of carbonyl (C=O) groups is 1. The van der Waals surface area contributed by atoms with Crippen LogP contribution < -0.4 is 15.5 Å². The lowest BCUT2D eigenvalue weighted by atomic mass is 9.95. The molecule has 5 rings (SSSR count). The fraction of sp³-hybridized carbons (Fsp3) is 0.455. The molecule has 9 heteroatoms. The number of anilines is 2. The largest absolute Gasteiger partial charge is 0.355 e. The van der Waals surface area contributed by atoms with Crippen molar-refractivity contribution in [2.45, 2.75) is 32.2 Å². The van der Waals surface area contributed by atoms with Gasteiger partial charge in [0.2, 0.25) is 0 Å². The molecule has 2 N–H and O–H groups in total. The Morgan fingerprint density at radius 3 is 2.74 bits per heavy atom. The Morgan fingerprint density at radius 1 is 1.19 bits per heavy atom. The average molecular weight is 423 g/mol. The zero-order chi connectivity index (χ0) is 21.5. The number of amides is 1. The van der Waals surface area contributed by atoms with Crippen LogP contribution in [0.25, 0.3) is 5.65 Å². The highest BCUT2D eigenvalue weighted by molar-refractivity contribution is 6.02.